The van der Waals surface area contributed by atoms with Crippen LogP contribution in [0.1, 0.15) is 31.5 Å². The number of hydrogen-bond donors (Lipinski definition) is 0. The van der Waals surface area contributed by atoms with Gasteiger partial charge >= 0.3 is 0 Å². The molecule has 96 valence electrons. The summed E-state index contributed by atoms with van der Waals surface area (Å²) in [7, 11) is 1.90. The van der Waals surface area contributed by atoms with Crippen LogP contribution in [-0.2, 0) is 0 Å². The van der Waals surface area contributed by atoms with Gasteiger partial charge in [-0.3, -0.25) is 0 Å². The Balaban J connectivity index is 1.99. The molecule has 5 heteroatoms. The first-order valence-corrected chi connectivity index (χ1v) is 6.53. The minimum atomic E-state index is -0.0952. The number of unbranched alkanes of at least 4 members (excludes halogenated alkanes) is 1. The van der Waals surface area contributed by atoms with Crippen molar-refractivity contribution in [3.05, 3.63) is 29.8 Å². The highest BCUT2D eigenvalue weighted by atomic mass is 32.1. The molecular weight excluding hydrogens is 246 g/mol. The summed E-state index contributed by atoms with van der Waals surface area (Å²) in [4.78, 5) is 1.88. The molecule has 1 aliphatic rings. The molecule has 18 heavy (non-hydrogen) atoms. The third-order valence-electron chi connectivity index (χ3n) is 2.87. The molecule has 4 nitrogen and oxygen atoms in total. The van der Waals surface area contributed by atoms with E-state index in [1.807, 2.05) is 36.2 Å². The molecular formula is C13H17N3OS. The molecule has 1 aromatic carbocycles. The van der Waals surface area contributed by atoms with Gasteiger partial charge in [-0.1, -0.05) is 25.5 Å². The van der Waals surface area contributed by atoms with Crippen molar-refractivity contribution < 1.29 is 4.74 Å². The number of azo groups is 1. The van der Waals surface area contributed by atoms with Crippen molar-refractivity contribution in [2.24, 2.45) is 10.2 Å². The maximum Gasteiger partial charge on any atom is 0.217 e. The summed E-state index contributed by atoms with van der Waals surface area (Å²) in [5.74, 6) is 0.896. The van der Waals surface area contributed by atoms with E-state index in [1.165, 1.54) is 0 Å². The zero-order valence-corrected chi connectivity index (χ0v) is 11.5. The summed E-state index contributed by atoms with van der Waals surface area (Å²) >= 11 is 5.06. The second-order valence-corrected chi connectivity index (χ2v) is 4.62. The Bertz CT molecular complexity index is 444. The zero-order valence-electron chi connectivity index (χ0n) is 10.7. The number of rotatable bonds is 5. The molecule has 0 N–H and O–H groups in total. The second kappa shape index (κ2) is 5.91. The van der Waals surface area contributed by atoms with Crippen LogP contribution in [0.25, 0.3) is 0 Å². The van der Waals surface area contributed by atoms with Crippen LogP contribution in [0.3, 0.4) is 0 Å². The van der Waals surface area contributed by atoms with Gasteiger partial charge < -0.3 is 9.64 Å². The topological polar surface area (TPSA) is 37.2 Å². The summed E-state index contributed by atoms with van der Waals surface area (Å²) in [6.45, 7) is 2.92. The van der Waals surface area contributed by atoms with Gasteiger partial charge in [-0.25, -0.2) is 0 Å². The lowest BCUT2D eigenvalue weighted by molar-refractivity contribution is 0.309. The average molecular weight is 263 g/mol. The number of benzene rings is 1. The van der Waals surface area contributed by atoms with E-state index in [9.17, 15) is 0 Å². The molecule has 0 amide bonds. The maximum absolute atomic E-state index is 5.62. The number of ether oxygens (including phenoxy) is 1. The summed E-state index contributed by atoms with van der Waals surface area (Å²) < 4.78 is 5.62. The van der Waals surface area contributed by atoms with E-state index in [0.717, 1.165) is 30.8 Å². The lowest BCUT2D eigenvalue weighted by Crippen LogP contribution is -2.21. The minimum absolute atomic E-state index is 0.0952. The highest BCUT2D eigenvalue weighted by Crippen LogP contribution is 2.28. The Morgan fingerprint density at radius 3 is 2.61 bits per heavy atom. The van der Waals surface area contributed by atoms with Gasteiger partial charge in [0.1, 0.15) is 5.75 Å². The minimum Gasteiger partial charge on any atom is -0.494 e. The lowest BCUT2D eigenvalue weighted by atomic mass is 10.1. The van der Waals surface area contributed by atoms with Gasteiger partial charge in [0.15, 0.2) is 6.17 Å². The van der Waals surface area contributed by atoms with Gasteiger partial charge in [-0.05, 0) is 36.3 Å². The third kappa shape index (κ3) is 2.85. The first kappa shape index (κ1) is 13.0. The fourth-order valence-corrected chi connectivity index (χ4v) is 1.86. The molecule has 0 radical (unpaired) electrons. The van der Waals surface area contributed by atoms with Crippen LogP contribution in [0.4, 0.5) is 0 Å². The van der Waals surface area contributed by atoms with Gasteiger partial charge in [-0.15, -0.1) is 5.11 Å². The number of nitrogens with zero attached hydrogens (tertiary/aromatic N) is 3. The number of hydrogen-bond acceptors (Lipinski definition) is 3. The van der Waals surface area contributed by atoms with Crippen molar-refractivity contribution in [1.82, 2.24) is 4.90 Å². The zero-order chi connectivity index (χ0) is 13.0. The molecule has 0 saturated heterocycles. The Labute approximate surface area is 113 Å². The quantitative estimate of drug-likeness (QED) is 0.602. The molecule has 1 aliphatic heterocycles. The smallest absolute Gasteiger partial charge is 0.217 e. The van der Waals surface area contributed by atoms with Crippen molar-refractivity contribution in [2.45, 2.75) is 25.9 Å². The van der Waals surface area contributed by atoms with Gasteiger partial charge in [0.2, 0.25) is 5.11 Å². The van der Waals surface area contributed by atoms with Crippen LogP contribution in [-0.4, -0.2) is 23.7 Å². The van der Waals surface area contributed by atoms with Gasteiger partial charge in [0.25, 0.3) is 0 Å². The van der Waals surface area contributed by atoms with Crippen LogP contribution < -0.4 is 4.74 Å². The van der Waals surface area contributed by atoms with E-state index in [0.29, 0.717) is 5.11 Å². The normalized spacial score (nSPS) is 18.4. The monoisotopic (exact) mass is 263 g/mol. The van der Waals surface area contributed by atoms with E-state index >= 15 is 0 Å². The standard InChI is InChI=1S/C13H17N3OS/c1-3-4-9-17-11-7-5-10(6-8-11)12-14-15-13(18)16(12)2/h5-8,12H,3-4,9H2,1-2H3. The van der Waals surface area contributed by atoms with Crippen LogP contribution in [0.15, 0.2) is 34.5 Å². The second-order valence-electron chi connectivity index (χ2n) is 4.25. The van der Waals surface area contributed by atoms with Crippen molar-refractivity contribution in [1.29, 1.82) is 0 Å². The van der Waals surface area contributed by atoms with Gasteiger partial charge in [0, 0.05) is 7.05 Å². The Morgan fingerprint density at radius 2 is 2.06 bits per heavy atom. The molecule has 1 heterocycles. The molecule has 0 aliphatic carbocycles. The van der Waals surface area contributed by atoms with E-state index in [-0.39, 0.29) is 6.17 Å². The molecule has 0 bridgehead atoms. The summed E-state index contributed by atoms with van der Waals surface area (Å²) in [6, 6.07) is 7.95. The van der Waals surface area contributed by atoms with Crippen LogP contribution in [0, 0.1) is 0 Å². The largest absolute Gasteiger partial charge is 0.494 e. The third-order valence-corrected chi connectivity index (χ3v) is 3.24. The predicted molar refractivity (Wildman–Crippen MR) is 74.8 cm³/mol. The SMILES string of the molecule is CCCCOc1ccc(C2N=NC(=S)N2C)cc1. The molecule has 0 aromatic heterocycles. The molecule has 0 spiro atoms. The van der Waals surface area contributed by atoms with E-state index in [4.69, 9.17) is 17.0 Å². The molecule has 0 saturated carbocycles. The van der Waals surface area contributed by atoms with Crippen molar-refractivity contribution >= 4 is 17.3 Å². The van der Waals surface area contributed by atoms with Crippen molar-refractivity contribution in [3.8, 4) is 5.75 Å². The van der Waals surface area contributed by atoms with E-state index in [2.05, 4.69) is 17.2 Å². The van der Waals surface area contributed by atoms with Crippen LogP contribution in [0.5, 0.6) is 5.75 Å². The average Bonchev–Trinajstić information content (AvgIpc) is 2.72. The van der Waals surface area contributed by atoms with Crippen LogP contribution in [0.2, 0.25) is 0 Å². The maximum atomic E-state index is 5.62. The molecule has 0 fully saturated rings. The molecule has 1 aromatic rings. The van der Waals surface area contributed by atoms with E-state index < -0.39 is 0 Å². The first-order chi connectivity index (χ1) is 8.72. The van der Waals surface area contributed by atoms with Crippen molar-refractivity contribution in [2.75, 3.05) is 13.7 Å². The summed E-state index contributed by atoms with van der Waals surface area (Å²) in [6.07, 6.45) is 2.13. The Kier molecular flexibility index (Phi) is 4.25. The fourth-order valence-electron chi connectivity index (χ4n) is 1.72. The lowest BCUT2D eigenvalue weighted by Gasteiger charge is -2.17. The highest BCUT2D eigenvalue weighted by molar-refractivity contribution is 7.80. The molecule has 1 atom stereocenters. The summed E-state index contributed by atoms with van der Waals surface area (Å²) in [5, 5.41) is 8.58. The number of thiocarbonyl (C=S) groups is 1. The fraction of sp³-hybridized carbons (Fsp3) is 0.462. The van der Waals surface area contributed by atoms with Crippen LogP contribution >= 0.6 is 12.2 Å². The predicted octanol–water partition coefficient (Wildman–Crippen LogP) is 3.55. The first-order valence-electron chi connectivity index (χ1n) is 6.12. The van der Waals surface area contributed by atoms with Gasteiger partial charge in [0.05, 0.1) is 6.61 Å². The van der Waals surface area contributed by atoms with E-state index in [1.54, 1.807) is 0 Å². The Hall–Kier alpha value is -1.49. The van der Waals surface area contributed by atoms with Gasteiger partial charge in [-0.2, -0.15) is 5.11 Å². The molecule has 2 rings (SSSR count). The summed E-state index contributed by atoms with van der Waals surface area (Å²) in [5.41, 5.74) is 1.07. The Morgan fingerprint density at radius 1 is 1.33 bits per heavy atom. The van der Waals surface area contributed by atoms with Crippen molar-refractivity contribution in [3.63, 3.8) is 0 Å². The highest BCUT2D eigenvalue weighted by Gasteiger charge is 2.23. The molecule has 1 unspecified atom stereocenters.